The average molecular weight is 458 g/mol. The number of carbonyl (C=O) groups is 2. The van der Waals surface area contributed by atoms with Gasteiger partial charge in [0, 0.05) is 19.6 Å². The van der Waals surface area contributed by atoms with Gasteiger partial charge in [0.15, 0.2) is 0 Å². The first-order chi connectivity index (χ1) is 14.9. The van der Waals surface area contributed by atoms with Crippen molar-refractivity contribution in [3.05, 3.63) is 0 Å². The summed E-state index contributed by atoms with van der Waals surface area (Å²) in [5.41, 5.74) is 0. The van der Waals surface area contributed by atoms with Crippen LogP contribution in [0.1, 0.15) is 96.8 Å². The zero-order valence-electron chi connectivity index (χ0n) is 19.6. The van der Waals surface area contributed by atoms with Crippen molar-refractivity contribution in [1.29, 1.82) is 0 Å². The molecule has 0 aromatic carbocycles. The molecule has 2 fully saturated rings. The lowest BCUT2D eigenvalue weighted by Crippen LogP contribution is -2.52. The number of hydrogen-bond donors (Lipinski definition) is 1. The highest BCUT2D eigenvalue weighted by Gasteiger charge is 2.43. The van der Waals surface area contributed by atoms with Crippen LogP contribution in [0, 0.1) is 0 Å². The second-order valence-electron chi connectivity index (χ2n) is 9.19. The lowest BCUT2D eigenvalue weighted by molar-refractivity contribution is -0.140. The normalized spacial score (nSPS) is 22.2. The molecular weight excluding hydrogens is 414 g/mol. The van der Waals surface area contributed by atoms with Crippen molar-refractivity contribution >= 4 is 21.8 Å². The quantitative estimate of drug-likeness (QED) is 0.405. The molecule has 2 rings (SSSR count). The summed E-state index contributed by atoms with van der Waals surface area (Å²) in [6.45, 7) is 3.80. The van der Waals surface area contributed by atoms with Crippen molar-refractivity contribution in [2.75, 3.05) is 25.9 Å². The highest BCUT2D eigenvalue weighted by atomic mass is 32.2. The first-order valence-electron chi connectivity index (χ1n) is 12.4. The van der Waals surface area contributed by atoms with E-state index < -0.39 is 22.1 Å². The summed E-state index contributed by atoms with van der Waals surface area (Å²) in [7, 11) is -3.41. The Morgan fingerprint density at radius 1 is 0.839 bits per heavy atom. The van der Waals surface area contributed by atoms with Crippen LogP contribution in [0.15, 0.2) is 0 Å². The molecule has 0 saturated carbocycles. The summed E-state index contributed by atoms with van der Waals surface area (Å²) in [4.78, 5) is 27.3. The van der Waals surface area contributed by atoms with Crippen molar-refractivity contribution in [3.8, 4) is 0 Å². The monoisotopic (exact) mass is 457 g/mol. The first kappa shape index (κ1) is 26.1. The molecule has 2 amide bonds. The number of hydrogen-bond acceptors (Lipinski definition) is 4. The van der Waals surface area contributed by atoms with Crippen LogP contribution in [0.3, 0.4) is 0 Å². The maximum Gasteiger partial charge on any atom is 0.242 e. The van der Waals surface area contributed by atoms with E-state index in [4.69, 9.17) is 0 Å². The van der Waals surface area contributed by atoms with Crippen molar-refractivity contribution in [2.45, 2.75) is 109 Å². The number of amides is 2. The van der Waals surface area contributed by atoms with E-state index in [0.29, 0.717) is 38.9 Å². The van der Waals surface area contributed by atoms with E-state index in [0.717, 1.165) is 25.5 Å². The van der Waals surface area contributed by atoms with Crippen LogP contribution in [0.2, 0.25) is 0 Å². The molecule has 0 aliphatic carbocycles. The molecule has 2 saturated heterocycles. The van der Waals surface area contributed by atoms with Gasteiger partial charge in [0.1, 0.15) is 12.1 Å². The van der Waals surface area contributed by atoms with Crippen LogP contribution in [-0.4, -0.2) is 67.4 Å². The number of rotatable bonds is 14. The molecule has 0 unspecified atom stereocenters. The van der Waals surface area contributed by atoms with Crippen molar-refractivity contribution in [2.24, 2.45) is 0 Å². The number of carbonyl (C=O) groups excluding carboxylic acids is 2. The molecule has 8 heteroatoms. The van der Waals surface area contributed by atoms with Crippen LogP contribution in [0.4, 0.5) is 0 Å². The minimum atomic E-state index is -3.41. The molecule has 2 aliphatic rings. The Morgan fingerprint density at radius 2 is 1.39 bits per heavy atom. The van der Waals surface area contributed by atoms with Gasteiger partial charge in [0.05, 0.1) is 6.26 Å². The summed E-state index contributed by atoms with van der Waals surface area (Å²) in [6, 6.07) is -1.11. The molecule has 7 nitrogen and oxygen atoms in total. The molecule has 2 heterocycles. The van der Waals surface area contributed by atoms with Gasteiger partial charge in [0.2, 0.25) is 21.8 Å². The number of nitrogens with zero attached hydrogens (tertiary/aromatic N) is 2. The Labute approximate surface area is 189 Å². The topological polar surface area (TPSA) is 86.8 Å². The molecule has 2 aliphatic heterocycles. The fourth-order valence-electron chi connectivity index (χ4n) is 4.82. The third-order valence-electron chi connectivity index (χ3n) is 6.58. The second-order valence-corrected chi connectivity index (χ2v) is 11.1. The predicted octanol–water partition coefficient (Wildman–Crippen LogP) is 3.44. The van der Waals surface area contributed by atoms with E-state index in [-0.39, 0.29) is 11.8 Å². The van der Waals surface area contributed by atoms with E-state index >= 15 is 0 Å². The molecule has 0 aromatic rings. The number of nitrogens with one attached hydrogen (secondary N) is 1. The lowest BCUT2D eigenvalue weighted by atomic mass is 10.1. The number of sulfonamides is 1. The molecule has 1 N–H and O–H groups in total. The standard InChI is InChI=1S/C23H43N3O4S/c1-3-4-5-6-7-8-9-10-11-12-17-24-22(27)20-15-13-18-25(20)23(28)21-16-14-19-26(21)31(2,29)30/h20-21H,3-19H2,1-2H3,(H,24,27)/t20-,21-/m0/s1. The van der Waals surface area contributed by atoms with Crippen molar-refractivity contribution < 1.29 is 18.0 Å². The Bertz CT molecular complexity index is 668. The Morgan fingerprint density at radius 3 is 2.00 bits per heavy atom. The van der Waals surface area contributed by atoms with Gasteiger partial charge in [-0.15, -0.1) is 0 Å². The minimum Gasteiger partial charge on any atom is -0.354 e. The summed E-state index contributed by atoms with van der Waals surface area (Å²) < 4.78 is 25.3. The van der Waals surface area contributed by atoms with Crippen molar-refractivity contribution in [3.63, 3.8) is 0 Å². The van der Waals surface area contributed by atoms with Gasteiger partial charge in [-0.05, 0) is 32.1 Å². The van der Waals surface area contributed by atoms with Gasteiger partial charge in [-0.1, -0.05) is 64.7 Å². The van der Waals surface area contributed by atoms with Gasteiger partial charge >= 0.3 is 0 Å². The predicted molar refractivity (Wildman–Crippen MR) is 124 cm³/mol. The molecule has 0 bridgehead atoms. The van der Waals surface area contributed by atoms with E-state index in [9.17, 15) is 18.0 Å². The van der Waals surface area contributed by atoms with E-state index in [1.165, 1.54) is 55.7 Å². The van der Waals surface area contributed by atoms with Crippen LogP contribution in [0.5, 0.6) is 0 Å². The minimum absolute atomic E-state index is 0.0920. The first-order valence-corrected chi connectivity index (χ1v) is 14.3. The van der Waals surface area contributed by atoms with Gasteiger partial charge in [-0.2, -0.15) is 4.31 Å². The number of unbranched alkanes of at least 4 members (excludes halogenated alkanes) is 9. The lowest BCUT2D eigenvalue weighted by Gasteiger charge is -2.29. The molecule has 0 spiro atoms. The van der Waals surface area contributed by atoms with Crippen LogP contribution < -0.4 is 5.32 Å². The largest absolute Gasteiger partial charge is 0.354 e. The zero-order chi connectivity index (χ0) is 22.7. The number of likely N-dealkylation sites (tertiary alicyclic amines) is 1. The van der Waals surface area contributed by atoms with Crippen molar-refractivity contribution in [1.82, 2.24) is 14.5 Å². The molecular formula is C23H43N3O4S. The zero-order valence-corrected chi connectivity index (χ0v) is 20.4. The smallest absolute Gasteiger partial charge is 0.242 e. The summed E-state index contributed by atoms with van der Waals surface area (Å²) in [6.07, 6.45) is 16.4. The summed E-state index contributed by atoms with van der Waals surface area (Å²) >= 11 is 0. The van der Waals surface area contributed by atoms with Gasteiger partial charge in [-0.3, -0.25) is 9.59 Å². The third-order valence-corrected chi connectivity index (χ3v) is 7.87. The van der Waals surface area contributed by atoms with Gasteiger partial charge < -0.3 is 10.2 Å². The van der Waals surface area contributed by atoms with Crippen LogP contribution >= 0.6 is 0 Å². The van der Waals surface area contributed by atoms with E-state index in [1.807, 2.05) is 0 Å². The highest BCUT2D eigenvalue weighted by Crippen LogP contribution is 2.26. The highest BCUT2D eigenvalue weighted by molar-refractivity contribution is 7.88. The van der Waals surface area contributed by atoms with E-state index in [2.05, 4.69) is 12.2 Å². The fourth-order valence-corrected chi connectivity index (χ4v) is 5.94. The SMILES string of the molecule is CCCCCCCCCCCCNC(=O)[C@@H]1CCCN1C(=O)[C@@H]1CCCN1S(C)(=O)=O. The Hall–Kier alpha value is -1.15. The summed E-state index contributed by atoms with van der Waals surface area (Å²) in [5, 5.41) is 3.00. The van der Waals surface area contributed by atoms with Crippen LogP contribution in [0.25, 0.3) is 0 Å². The molecule has 2 atom stereocenters. The molecule has 0 aromatic heterocycles. The Balaban J connectivity index is 1.66. The van der Waals surface area contributed by atoms with E-state index in [1.54, 1.807) is 4.90 Å². The molecule has 31 heavy (non-hydrogen) atoms. The molecule has 0 radical (unpaired) electrons. The Kier molecular flexibility index (Phi) is 11.3. The van der Waals surface area contributed by atoms with Crippen LogP contribution in [-0.2, 0) is 19.6 Å². The maximum absolute atomic E-state index is 13.0. The van der Waals surface area contributed by atoms with Gasteiger partial charge in [-0.25, -0.2) is 8.42 Å². The fraction of sp³-hybridized carbons (Fsp3) is 0.913. The maximum atomic E-state index is 13.0. The van der Waals surface area contributed by atoms with Gasteiger partial charge in [0.25, 0.3) is 0 Å². The second kappa shape index (κ2) is 13.4. The average Bonchev–Trinajstić information content (AvgIpc) is 3.41. The summed E-state index contributed by atoms with van der Waals surface area (Å²) in [5.74, 6) is -0.301. The molecule has 180 valence electrons. The third kappa shape index (κ3) is 8.37.